The minimum absolute atomic E-state index is 0.0358. The Morgan fingerprint density at radius 1 is 1.17 bits per heavy atom. The molecule has 0 N–H and O–H groups in total. The van der Waals surface area contributed by atoms with Crippen LogP contribution in [-0.4, -0.2) is 23.9 Å². The lowest BCUT2D eigenvalue weighted by Crippen LogP contribution is -2.29. The van der Waals surface area contributed by atoms with Crippen molar-refractivity contribution in [1.82, 2.24) is 4.98 Å². The lowest BCUT2D eigenvalue weighted by atomic mass is 10.1. The smallest absolute Gasteiger partial charge is 0.348 e. The number of carbonyl (C=O) groups excluding carboxylic acids is 1. The normalized spacial score (nSPS) is 15.7. The largest absolute Gasteiger partial charge is 0.416 e. The first-order chi connectivity index (χ1) is 10.9. The van der Waals surface area contributed by atoms with E-state index >= 15 is 0 Å². The van der Waals surface area contributed by atoms with Crippen LogP contribution in [0.2, 0.25) is 0 Å². The minimum Gasteiger partial charge on any atom is -0.348 e. The van der Waals surface area contributed by atoms with Gasteiger partial charge in [-0.15, -0.1) is 0 Å². The molecule has 0 spiro atoms. The highest BCUT2D eigenvalue weighted by Gasteiger charge is 2.31. The standard InChI is InChI=1S/C16H15F3N2OS/c17-16(18,19)12-6-4-5-11(9-12)14(22)13-10-20-15(23-13)21-7-2-1-3-8-21/h4-6,9-10H,1-3,7-8H2. The van der Waals surface area contributed by atoms with Crippen molar-refractivity contribution in [3.63, 3.8) is 0 Å². The second-order valence-electron chi connectivity index (χ2n) is 5.46. The number of anilines is 1. The Kier molecular flexibility index (Phi) is 4.39. The number of aromatic nitrogens is 1. The van der Waals surface area contributed by atoms with Crippen LogP contribution in [0.1, 0.15) is 40.1 Å². The summed E-state index contributed by atoms with van der Waals surface area (Å²) in [5.41, 5.74) is -0.780. The zero-order chi connectivity index (χ0) is 16.4. The van der Waals surface area contributed by atoms with Crippen LogP contribution in [0.5, 0.6) is 0 Å². The zero-order valence-corrected chi connectivity index (χ0v) is 13.1. The summed E-state index contributed by atoms with van der Waals surface area (Å²) in [6, 6.07) is 4.51. The summed E-state index contributed by atoms with van der Waals surface area (Å²) in [4.78, 5) is 19.2. The summed E-state index contributed by atoms with van der Waals surface area (Å²) >= 11 is 1.24. The van der Waals surface area contributed by atoms with E-state index in [1.807, 2.05) is 0 Å². The van der Waals surface area contributed by atoms with Crippen LogP contribution < -0.4 is 4.90 Å². The maximum absolute atomic E-state index is 12.8. The van der Waals surface area contributed by atoms with Gasteiger partial charge in [0.05, 0.1) is 16.6 Å². The minimum atomic E-state index is -4.46. The fraction of sp³-hybridized carbons (Fsp3) is 0.375. The van der Waals surface area contributed by atoms with E-state index in [1.165, 1.54) is 36.1 Å². The molecule has 0 aliphatic carbocycles. The Labute approximate surface area is 135 Å². The zero-order valence-electron chi connectivity index (χ0n) is 12.3. The van der Waals surface area contributed by atoms with Gasteiger partial charge >= 0.3 is 6.18 Å². The SMILES string of the molecule is O=C(c1cccc(C(F)(F)F)c1)c1cnc(N2CCCCC2)s1. The Hall–Kier alpha value is -1.89. The predicted octanol–water partition coefficient (Wildman–Crippen LogP) is 4.38. The Morgan fingerprint density at radius 3 is 2.61 bits per heavy atom. The summed E-state index contributed by atoms with van der Waals surface area (Å²) < 4.78 is 38.3. The Balaban J connectivity index is 1.82. The molecule has 1 aromatic carbocycles. The van der Waals surface area contributed by atoms with Crippen molar-refractivity contribution in [3.05, 3.63) is 46.5 Å². The van der Waals surface area contributed by atoms with E-state index in [-0.39, 0.29) is 5.56 Å². The summed E-state index contributed by atoms with van der Waals surface area (Å²) in [7, 11) is 0. The third kappa shape index (κ3) is 3.55. The number of nitrogens with zero attached hydrogens (tertiary/aromatic N) is 2. The van der Waals surface area contributed by atoms with Crippen LogP contribution in [0.25, 0.3) is 0 Å². The molecule has 0 bridgehead atoms. The summed E-state index contributed by atoms with van der Waals surface area (Å²) in [5.74, 6) is -0.420. The number of ketones is 1. The molecule has 122 valence electrons. The van der Waals surface area contributed by atoms with Gasteiger partial charge in [0.1, 0.15) is 0 Å². The monoisotopic (exact) mass is 340 g/mol. The Bertz CT molecular complexity index is 705. The first-order valence-electron chi connectivity index (χ1n) is 7.38. The fourth-order valence-corrected chi connectivity index (χ4v) is 3.51. The van der Waals surface area contributed by atoms with Gasteiger partial charge < -0.3 is 4.90 Å². The van der Waals surface area contributed by atoms with Crippen molar-refractivity contribution < 1.29 is 18.0 Å². The van der Waals surface area contributed by atoms with Gasteiger partial charge in [-0.3, -0.25) is 4.79 Å². The molecule has 7 heteroatoms. The molecule has 3 rings (SSSR count). The van der Waals surface area contributed by atoms with Crippen molar-refractivity contribution in [2.24, 2.45) is 0 Å². The highest BCUT2D eigenvalue weighted by molar-refractivity contribution is 7.17. The van der Waals surface area contributed by atoms with Crippen LogP contribution in [-0.2, 0) is 6.18 Å². The van der Waals surface area contributed by atoms with Crippen LogP contribution in [0.15, 0.2) is 30.5 Å². The van der Waals surface area contributed by atoms with Gasteiger partial charge in [-0.1, -0.05) is 23.5 Å². The highest BCUT2D eigenvalue weighted by atomic mass is 32.1. The first kappa shape index (κ1) is 16.0. The van der Waals surface area contributed by atoms with Crippen LogP contribution >= 0.6 is 11.3 Å². The molecule has 0 radical (unpaired) electrons. The number of benzene rings is 1. The molecule has 23 heavy (non-hydrogen) atoms. The number of hydrogen-bond acceptors (Lipinski definition) is 4. The van der Waals surface area contributed by atoms with E-state index in [0.29, 0.717) is 4.88 Å². The topological polar surface area (TPSA) is 33.2 Å². The number of piperidine rings is 1. The third-order valence-corrected chi connectivity index (χ3v) is 4.85. The molecule has 1 saturated heterocycles. The van der Waals surface area contributed by atoms with Gasteiger partial charge in [0.2, 0.25) is 5.78 Å². The van der Waals surface area contributed by atoms with Gasteiger partial charge in [-0.2, -0.15) is 13.2 Å². The summed E-state index contributed by atoms with van der Waals surface area (Å²) in [6.45, 7) is 1.81. The quantitative estimate of drug-likeness (QED) is 0.777. The number of hydrogen-bond donors (Lipinski definition) is 0. The van der Waals surface area contributed by atoms with Crippen molar-refractivity contribution >= 4 is 22.3 Å². The number of thiazole rings is 1. The lowest BCUT2D eigenvalue weighted by Gasteiger charge is -2.25. The van der Waals surface area contributed by atoms with Gasteiger partial charge in [0.25, 0.3) is 0 Å². The van der Waals surface area contributed by atoms with E-state index in [9.17, 15) is 18.0 Å². The molecule has 0 unspecified atom stereocenters. The maximum Gasteiger partial charge on any atom is 0.416 e. The van der Waals surface area contributed by atoms with Gasteiger partial charge in [0, 0.05) is 18.7 Å². The maximum atomic E-state index is 12.8. The van der Waals surface area contributed by atoms with E-state index < -0.39 is 17.5 Å². The molecule has 1 aliphatic heterocycles. The average molecular weight is 340 g/mol. The molecule has 1 aliphatic rings. The van der Waals surface area contributed by atoms with Crippen LogP contribution in [0, 0.1) is 0 Å². The Morgan fingerprint density at radius 2 is 1.91 bits per heavy atom. The van der Waals surface area contributed by atoms with Crippen LogP contribution in [0.4, 0.5) is 18.3 Å². The van der Waals surface area contributed by atoms with Gasteiger partial charge in [0.15, 0.2) is 5.13 Å². The summed E-state index contributed by atoms with van der Waals surface area (Å²) in [5, 5.41) is 0.764. The molecule has 2 aromatic rings. The van der Waals surface area contributed by atoms with Gasteiger partial charge in [-0.25, -0.2) is 4.98 Å². The first-order valence-corrected chi connectivity index (χ1v) is 8.19. The second kappa shape index (κ2) is 6.31. The lowest BCUT2D eigenvalue weighted by molar-refractivity contribution is -0.137. The van der Waals surface area contributed by atoms with Crippen molar-refractivity contribution in [3.8, 4) is 0 Å². The van der Waals surface area contributed by atoms with Crippen molar-refractivity contribution in [2.45, 2.75) is 25.4 Å². The number of rotatable bonds is 3. The molecule has 0 saturated carbocycles. The van der Waals surface area contributed by atoms with E-state index in [4.69, 9.17) is 0 Å². The van der Waals surface area contributed by atoms with E-state index in [0.717, 1.165) is 43.2 Å². The molecule has 0 atom stereocenters. The van der Waals surface area contributed by atoms with E-state index in [2.05, 4.69) is 9.88 Å². The molecule has 2 heterocycles. The number of carbonyl (C=O) groups is 1. The average Bonchev–Trinajstić information content (AvgIpc) is 3.04. The van der Waals surface area contributed by atoms with Crippen molar-refractivity contribution in [1.29, 1.82) is 0 Å². The van der Waals surface area contributed by atoms with Gasteiger partial charge in [-0.05, 0) is 31.4 Å². The molecular weight excluding hydrogens is 325 g/mol. The van der Waals surface area contributed by atoms with E-state index in [1.54, 1.807) is 0 Å². The molecule has 1 aromatic heterocycles. The highest BCUT2D eigenvalue weighted by Crippen LogP contribution is 2.31. The summed E-state index contributed by atoms with van der Waals surface area (Å²) in [6.07, 6.45) is 0.380. The number of alkyl halides is 3. The van der Waals surface area contributed by atoms with Crippen LogP contribution in [0.3, 0.4) is 0 Å². The molecule has 0 amide bonds. The molecular formula is C16H15F3N2OS. The third-order valence-electron chi connectivity index (χ3n) is 3.80. The molecule has 1 fully saturated rings. The number of halogens is 3. The predicted molar refractivity (Wildman–Crippen MR) is 83.1 cm³/mol. The molecule has 3 nitrogen and oxygen atoms in total. The van der Waals surface area contributed by atoms with Crippen molar-refractivity contribution in [2.75, 3.05) is 18.0 Å². The fourth-order valence-electron chi connectivity index (χ4n) is 2.58. The second-order valence-corrected chi connectivity index (χ2v) is 6.47.